The Morgan fingerprint density at radius 1 is 1.47 bits per heavy atom. The molecule has 0 aromatic rings. The second-order valence-electron chi connectivity index (χ2n) is 4.49. The first kappa shape index (κ1) is 12.5. The van der Waals surface area contributed by atoms with E-state index in [-0.39, 0.29) is 12.0 Å². The summed E-state index contributed by atoms with van der Waals surface area (Å²) in [7, 11) is 1.43. The number of nitrogens with one attached hydrogen (secondary N) is 1. The number of methoxy groups -OCH3 is 1. The van der Waals surface area contributed by atoms with E-state index in [0.717, 1.165) is 19.5 Å². The zero-order valence-electron chi connectivity index (χ0n) is 10.1. The average Bonchev–Trinajstić information content (AvgIpc) is 2.65. The van der Waals surface area contributed by atoms with Crippen LogP contribution in [-0.2, 0) is 9.53 Å². The van der Waals surface area contributed by atoms with E-state index in [1.165, 1.54) is 7.11 Å². The summed E-state index contributed by atoms with van der Waals surface area (Å²) in [4.78, 5) is 13.6. The Hall–Kier alpha value is -0.610. The average molecular weight is 214 g/mol. The Morgan fingerprint density at radius 2 is 2.13 bits per heavy atom. The quantitative estimate of drug-likeness (QED) is 0.697. The molecule has 1 rings (SSSR count). The van der Waals surface area contributed by atoms with Crippen LogP contribution in [0.2, 0.25) is 0 Å². The van der Waals surface area contributed by atoms with Crippen LogP contribution in [0.3, 0.4) is 0 Å². The maximum atomic E-state index is 11.2. The van der Waals surface area contributed by atoms with Crippen molar-refractivity contribution in [2.75, 3.05) is 20.2 Å². The van der Waals surface area contributed by atoms with Crippen molar-refractivity contribution in [2.24, 2.45) is 0 Å². The fourth-order valence-corrected chi connectivity index (χ4v) is 1.99. The van der Waals surface area contributed by atoms with Crippen LogP contribution in [0.4, 0.5) is 0 Å². The normalized spacial score (nSPS) is 24.5. The van der Waals surface area contributed by atoms with Crippen molar-refractivity contribution in [3.05, 3.63) is 0 Å². The molecular formula is C11H22N2O2. The zero-order valence-corrected chi connectivity index (χ0v) is 10.1. The molecule has 15 heavy (non-hydrogen) atoms. The van der Waals surface area contributed by atoms with Crippen LogP contribution in [0.1, 0.15) is 27.2 Å². The van der Waals surface area contributed by atoms with Gasteiger partial charge in [0, 0.05) is 18.6 Å². The van der Waals surface area contributed by atoms with Crippen LogP contribution >= 0.6 is 0 Å². The summed E-state index contributed by atoms with van der Waals surface area (Å²) in [5.41, 5.74) is 0. The van der Waals surface area contributed by atoms with Crippen LogP contribution in [0.5, 0.6) is 0 Å². The van der Waals surface area contributed by atoms with Crippen molar-refractivity contribution in [2.45, 2.75) is 45.3 Å². The molecule has 4 heteroatoms. The summed E-state index contributed by atoms with van der Waals surface area (Å²) in [5.74, 6) is -0.182. The molecule has 4 nitrogen and oxygen atoms in total. The summed E-state index contributed by atoms with van der Waals surface area (Å²) in [6, 6.07) is 0.804. The van der Waals surface area contributed by atoms with Crippen LogP contribution < -0.4 is 5.32 Å². The minimum atomic E-state index is -0.202. The van der Waals surface area contributed by atoms with E-state index < -0.39 is 0 Å². The predicted molar refractivity (Wildman–Crippen MR) is 59.7 cm³/mol. The fourth-order valence-electron chi connectivity index (χ4n) is 1.99. The van der Waals surface area contributed by atoms with E-state index in [2.05, 4.69) is 28.8 Å². The van der Waals surface area contributed by atoms with Gasteiger partial charge in [0.2, 0.25) is 0 Å². The Labute approximate surface area is 92.0 Å². The highest BCUT2D eigenvalue weighted by atomic mass is 16.5. The Morgan fingerprint density at radius 3 is 2.60 bits per heavy atom. The number of likely N-dealkylation sites (tertiary alicyclic amines) is 1. The van der Waals surface area contributed by atoms with Crippen LogP contribution in [-0.4, -0.2) is 49.2 Å². The molecule has 0 saturated carbocycles. The standard InChI is InChI=1S/C11H22N2O2/c1-8(2)13-6-5-10(7-13)12-9(3)11(14)15-4/h8-10,12H,5-7H2,1-4H3/t9-,10?/m0/s1. The maximum absolute atomic E-state index is 11.2. The van der Waals surface area contributed by atoms with Crippen LogP contribution in [0.15, 0.2) is 0 Å². The van der Waals surface area contributed by atoms with Crippen molar-refractivity contribution in [1.29, 1.82) is 0 Å². The first-order chi connectivity index (χ1) is 7.04. The number of nitrogens with zero attached hydrogens (tertiary/aromatic N) is 1. The molecule has 1 heterocycles. The van der Waals surface area contributed by atoms with E-state index in [9.17, 15) is 4.79 Å². The molecule has 0 aliphatic carbocycles. The lowest BCUT2D eigenvalue weighted by atomic mass is 10.2. The van der Waals surface area contributed by atoms with Gasteiger partial charge in [-0.2, -0.15) is 0 Å². The number of esters is 1. The minimum Gasteiger partial charge on any atom is -0.468 e. The smallest absolute Gasteiger partial charge is 0.322 e. The molecule has 2 atom stereocenters. The number of ether oxygens (including phenoxy) is 1. The van der Waals surface area contributed by atoms with Crippen molar-refractivity contribution in [3.63, 3.8) is 0 Å². The Bertz CT molecular complexity index is 219. The van der Waals surface area contributed by atoms with Gasteiger partial charge in [0.25, 0.3) is 0 Å². The summed E-state index contributed by atoms with van der Waals surface area (Å²) in [6.45, 7) is 8.39. The molecule has 0 aromatic carbocycles. The van der Waals surface area contributed by atoms with Crippen molar-refractivity contribution in [1.82, 2.24) is 10.2 Å². The SMILES string of the molecule is COC(=O)[C@H](C)NC1CCN(C(C)C)C1. The molecule has 0 radical (unpaired) electrons. The molecule has 88 valence electrons. The van der Waals surface area contributed by atoms with Crippen LogP contribution in [0, 0.1) is 0 Å². The molecule has 0 aromatic heterocycles. The highest BCUT2D eigenvalue weighted by molar-refractivity contribution is 5.75. The first-order valence-electron chi connectivity index (χ1n) is 5.62. The largest absolute Gasteiger partial charge is 0.468 e. The first-order valence-corrected chi connectivity index (χ1v) is 5.62. The van der Waals surface area contributed by atoms with Crippen molar-refractivity contribution >= 4 is 5.97 Å². The molecule has 0 spiro atoms. The van der Waals surface area contributed by atoms with Gasteiger partial charge < -0.3 is 10.1 Å². The third-order valence-corrected chi connectivity index (χ3v) is 2.99. The summed E-state index contributed by atoms with van der Waals surface area (Å²) < 4.78 is 4.68. The highest BCUT2D eigenvalue weighted by Gasteiger charge is 2.26. The van der Waals surface area contributed by atoms with Crippen molar-refractivity contribution < 1.29 is 9.53 Å². The molecular weight excluding hydrogens is 192 g/mol. The molecule has 1 N–H and O–H groups in total. The monoisotopic (exact) mass is 214 g/mol. The number of carbonyl (C=O) groups is 1. The minimum absolute atomic E-state index is 0.182. The van der Waals surface area contributed by atoms with E-state index >= 15 is 0 Å². The number of hydrogen-bond acceptors (Lipinski definition) is 4. The van der Waals surface area contributed by atoms with Crippen molar-refractivity contribution in [3.8, 4) is 0 Å². The molecule has 1 unspecified atom stereocenters. The van der Waals surface area contributed by atoms with Gasteiger partial charge in [0.05, 0.1) is 7.11 Å². The van der Waals surface area contributed by atoms with Gasteiger partial charge >= 0.3 is 5.97 Å². The van der Waals surface area contributed by atoms with Gasteiger partial charge in [0.15, 0.2) is 0 Å². The number of rotatable bonds is 4. The van der Waals surface area contributed by atoms with E-state index in [4.69, 9.17) is 0 Å². The van der Waals surface area contributed by atoms with Gasteiger partial charge in [-0.05, 0) is 33.7 Å². The third kappa shape index (κ3) is 3.47. The third-order valence-electron chi connectivity index (χ3n) is 2.99. The lowest BCUT2D eigenvalue weighted by molar-refractivity contribution is -0.142. The fraction of sp³-hybridized carbons (Fsp3) is 0.909. The lowest BCUT2D eigenvalue weighted by Gasteiger charge is -2.21. The van der Waals surface area contributed by atoms with Gasteiger partial charge in [-0.3, -0.25) is 9.69 Å². The number of carbonyl (C=O) groups excluding carboxylic acids is 1. The van der Waals surface area contributed by atoms with Gasteiger partial charge in [-0.1, -0.05) is 0 Å². The molecule has 0 bridgehead atoms. The zero-order chi connectivity index (χ0) is 11.4. The predicted octanol–water partition coefficient (Wildman–Crippen LogP) is 0.620. The Balaban J connectivity index is 2.32. The summed E-state index contributed by atoms with van der Waals surface area (Å²) in [5, 5.41) is 3.30. The summed E-state index contributed by atoms with van der Waals surface area (Å²) in [6.07, 6.45) is 1.11. The molecule has 1 saturated heterocycles. The lowest BCUT2D eigenvalue weighted by Crippen LogP contribution is -2.43. The maximum Gasteiger partial charge on any atom is 0.322 e. The molecule has 1 aliphatic heterocycles. The van der Waals surface area contributed by atoms with Gasteiger partial charge in [-0.15, -0.1) is 0 Å². The Kier molecular flexibility index (Phi) is 4.54. The number of hydrogen-bond donors (Lipinski definition) is 1. The highest BCUT2D eigenvalue weighted by Crippen LogP contribution is 2.12. The van der Waals surface area contributed by atoms with E-state index in [1.807, 2.05) is 6.92 Å². The second-order valence-corrected chi connectivity index (χ2v) is 4.49. The molecule has 1 fully saturated rings. The van der Waals surface area contributed by atoms with Crippen LogP contribution in [0.25, 0.3) is 0 Å². The van der Waals surface area contributed by atoms with E-state index in [1.54, 1.807) is 0 Å². The van der Waals surface area contributed by atoms with Gasteiger partial charge in [0.1, 0.15) is 6.04 Å². The molecule has 1 aliphatic rings. The summed E-state index contributed by atoms with van der Waals surface area (Å²) >= 11 is 0. The molecule has 0 amide bonds. The van der Waals surface area contributed by atoms with E-state index in [0.29, 0.717) is 12.1 Å². The van der Waals surface area contributed by atoms with Gasteiger partial charge in [-0.25, -0.2) is 0 Å². The second kappa shape index (κ2) is 5.47. The topological polar surface area (TPSA) is 41.6 Å².